The Hall–Kier alpha value is -3.12. The molecule has 3 rings (SSSR count). The van der Waals surface area contributed by atoms with Crippen LogP contribution in [0.1, 0.15) is 15.9 Å². The maximum Gasteiger partial charge on any atom is 0.255 e. The molecule has 0 atom stereocenters. The maximum atomic E-state index is 12.5. The number of sulfone groups is 1. The molecular weight excluding hydrogens is 360 g/mol. The molecule has 138 valence electrons. The molecular formula is C21H20N2O3S. The van der Waals surface area contributed by atoms with Gasteiger partial charge in [0.05, 0.1) is 16.3 Å². The number of amides is 1. The Balaban J connectivity index is 1.79. The smallest absolute Gasteiger partial charge is 0.255 e. The zero-order valence-corrected chi connectivity index (χ0v) is 15.9. The number of aryl methyl sites for hydroxylation is 1. The highest BCUT2D eigenvalue weighted by Gasteiger charge is 2.10. The number of carbonyl (C=O) groups is 1. The topological polar surface area (TPSA) is 75.3 Å². The minimum atomic E-state index is -3.24. The van der Waals surface area contributed by atoms with Gasteiger partial charge in [-0.05, 0) is 55.5 Å². The van der Waals surface area contributed by atoms with Crippen LogP contribution in [0.3, 0.4) is 0 Å². The van der Waals surface area contributed by atoms with Crippen LogP contribution in [0.2, 0.25) is 0 Å². The van der Waals surface area contributed by atoms with Gasteiger partial charge in [-0.3, -0.25) is 4.79 Å². The van der Waals surface area contributed by atoms with Crippen LogP contribution in [0, 0.1) is 6.92 Å². The Morgan fingerprint density at radius 2 is 1.41 bits per heavy atom. The summed E-state index contributed by atoms with van der Waals surface area (Å²) >= 11 is 0. The van der Waals surface area contributed by atoms with Crippen molar-refractivity contribution in [3.05, 3.63) is 83.9 Å². The highest BCUT2D eigenvalue weighted by molar-refractivity contribution is 7.90. The second-order valence-electron chi connectivity index (χ2n) is 6.29. The lowest BCUT2D eigenvalue weighted by atomic mass is 10.1. The van der Waals surface area contributed by atoms with Gasteiger partial charge in [0, 0.05) is 17.5 Å². The lowest BCUT2D eigenvalue weighted by Gasteiger charge is -2.13. The highest BCUT2D eigenvalue weighted by atomic mass is 32.2. The number of carbonyl (C=O) groups excluding carboxylic acids is 1. The third-order valence-electron chi connectivity index (χ3n) is 4.05. The molecule has 0 heterocycles. The van der Waals surface area contributed by atoms with E-state index in [4.69, 9.17) is 0 Å². The van der Waals surface area contributed by atoms with Gasteiger partial charge in [-0.25, -0.2) is 8.42 Å². The first-order valence-corrected chi connectivity index (χ1v) is 10.3. The van der Waals surface area contributed by atoms with E-state index < -0.39 is 9.84 Å². The molecule has 0 bridgehead atoms. The number of benzene rings is 3. The summed E-state index contributed by atoms with van der Waals surface area (Å²) in [4.78, 5) is 12.7. The minimum Gasteiger partial charge on any atom is -0.354 e. The quantitative estimate of drug-likeness (QED) is 0.688. The molecule has 0 unspecified atom stereocenters. The van der Waals surface area contributed by atoms with Crippen molar-refractivity contribution in [2.75, 3.05) is 16.9 Å². The van der Waals surface area contributed by atoms with E-state index in [2.05, 4.69) is 10.6 Å². The Kier molecular flexibility index (Phi) is 5.28. The fraction of sp³-hybridized carbons (Fsp3) is 0.0952. The molecule has 27 heavy (non-hydrogen) atoms. The summed E-state index contributed by atoms with van der Waals surface area (Å²) in [6, 6.07) is 21.2. The van der Waals surface area contributed by atoms with E-state index in [1.165, 1.54) is 6.26 Å². The molecule has 2 N–H and O–H groups in total. The van der Waals surface area contributed by atoms with Crippen molar-refractivity contribution >= 4 is 32.8 Å². The third kappa shape index (κ3) is 4.74. The van der Waals surface area contributed by atoms with Gasteiger partial charge >= 0.3 is 0 Å². The van der Waals surface area contributed by atoms with Gasteiger partial charge in [0.2, 0.25) is 0 Å². The van der Waals surface area contributed by atoms with Crippen molar-refractivity contribution in [3.63, 3.8) is 0 Å². The van der Waals surface area contributed by atoms with E-state index in [1.54, 1.807) is 42.5 Å². The van der Waals surface area contributed by atoms with Gasteiger partial charge in [-0.2, -0.15) is 0 Å². The zero-order chi connectivity index (χ0) is 19.4. The number of hydrogen-bond acceptors (Lipinski definition) is 4. The molecule has 0 fully saturated rings. The van der Waals surface area contributed by atoms with Crippen LogP contribution in [-0.4, -0.2) is 20.6 Å². The Morgan fingerprint density at radius 1 is 0.815 bits per heavy atom. The molecule has 5 nitrogen and oxygen atoms in total. The maximum absolute atomic E-state index is 12.5. The van der Waals surface area contributed by atoms with Gasteiger partial charge in [0.15, 0.2) is 9.84 Å². The molecule has 0 spiro atoms. The molecule has 0 saturated heterocycles. The van der Waals surface area contributed by atoms with E-state index >= 15 is 0 Å². The predicted molar refractivity (Wildman–Crippen MR) is 108 cm³/mol. The van der Waals surface area contributed by atoms with Crippen LogP contribution in [-0.2, 0) is 9.84 Å². The van der Waals surface area contributed by atoms with Crippen LogP contribution >= 0.6 is 0 Å². The van der Waals surface area contributed by atoms with Crippen LogP contribution in [0.15, 0.2) is 77.7 Å². The van der Waals surface area contributed by atoms with Crippen molar-refractivity contribution < 1.29 is 13.2 Å². The van der Waals surface area contributed by atoms with Gasteiger partial charge < -0.3 is 10.6 Å². The molecule has 0 aliphatic rings. The molecule has 6 heteroatoms. The molecule has 0 saturated carbocycles. The number of nitrogens with one attached hydrogen (secondary N) is 2. The summed E-state index contributed by atoms with van der Waals surface area (Å²) in [5, 5.41) is 6.11. The number of hydrogen-bond donors (Lipinski definition) is 2. The van der Waals surface area contributed by atoms with E-state index in [0.717, 1.165) is 11.3 Å². The summed E-state index contributed by atoms with van der Waals surface area (Å²) in [7, 11) is -3.24. The molecule has 0 aromatic heterocycles. The standard InChI is InChI=1S/C21H20N2O3S/c1-15-7-9-16(10-8-15)21(24)23-20-6-4-3-5-19(20)22-17-11-13-18(14-12-17)27(2,25)26/h3-14,22H,1-2H3,(H,23,24). The summed E-state index contributed by atoms with van der Waals surface area (Å²) in [6.45, 7) is 1.97. The summed E-state index contributed by atoms with van der Waals surface area (Å²) in [5.41, 5.74) is 3.74. The molecule has 3 aromatic carbocycles. The molecule has 0 aliphatic heterocycles. The third-order valence-corrected chi connectivity index (χ3v) is 5.18. The Labute approximate surface area is 159 Å². The first-order valence-electron chi connectivity index (χ1n) is 8.37. The van der Waals surface area contributed by atoms with Crippen molar-refractivity contribution in [3.8, 4) is 0 Å². The molecule has 0 radical (unpaired) electrons. The van der Waals surface area contributed by atoms with E-state index in [-0.39, 0.29) is 10.8 Å². The minimum absolute atomic E-state index is 0.198. The Bertz CT molecular complexity index is 1060. The SMILES string of the molecule is Cc1ccc(C(=O)Nc2ccccc2Nc2ccc(S(C)(=O)=O)cc2)cc1. The Morgan fingerprint density at radius 3 is 2.00 bits per heavy atom. The van der Waals surface area contributed by atoms with Crippen molar-refractivity contribution in [1.29, 1.82) is 0 Å². The van der Waals surface area contributed by atoms with Gasteiger partial charge in [-0.1, -0.05) is 29.8 Å². The highest BCUT2D eigenvalue weighted by Crippen LogP contribution is 2.26. The normalized spacial score (nSPS) is 11.0. The van der Waals surface area contributed by atoms with Crippen molar-refractivity contribution in [2.24, 2.45) is 0 Å². The average Bonchev–Trinajstić information content (AvgIpc) is 2.63. The molecule has 0 aliphatic carbocycles. The first kappa shape index (κ1) is 18.7. The zero-order valence-electron chi connectivity index (χ0n) is 15.1. The van der Waals surface area contributed by atoms with E-state index in [9.17, 15) is 13.2 Å². The first-order chi connectivity index (χ1) is 12.8. The second-order valence-corrected chi connectivity index (χ2v) is 8.30. The van der Waals surface area contributed by atoms with Gasteiger partial charge in [0.25, 0.3) is 5.91 Å². The molecule has 1 amide bonds. The fourth-order valence-corrected chi connectivity index (χ4v) is 3.17. The number of anilines is 3. The van der Waals surface area contributed by atoms with Crippen LogP contribution in [0.5, 0.6) is 0 Å². The number of rotatable bonds is 5. The summed E-state index contributed by atoms with van der Waals surface area (Å²) in [5.74, 6) is -0.198. The van der Waals surface area contributed by atoms with E-state index in [1.807, 2.05) is 37.3 Å². The summed E-state index contributed by atoms with van der Waals surface area (Å²) in [6.07, 6.45) is 1.17. The summed E-state index contributed by atoms with van der Waals surface area (Å²) < 4.78 is 23.1. The van der Waals surface area contributed by atoms with Crippen molar-refractivity contribution in [2.45, 2.75) is 11.8 Å². The monoisotopic (exact) mass is 380 g/mol. The largest absolute Gasteiger partial charge is 0.354 e. The molecule has 3 aromatic rings. The second kappa shape index (κ2) is 7.63. The predicted octanol–water partition coefficient (Wildman–Crippen LogP) is 4.39. The van der Waals surface area contributed by atoms with Gasteiger partial charge in [-0.15, -0.1) is 0 Å². The van der Waals surface area contributed by atoms with Crippen LogP contribution < -0.4 is 10.6 Å². The van der Waals surface area contributed by atoms with Crippen molar-refractivity contribution in [1.82, 2.24) is 0 Å². The van der Waals surface area contributed by atoms with Crippen LogP contribution in [0.25, 0.3) is 0 Å². The lowest BCUT2D eigenvalue weighted by Crippen LogP contribution is -2.13. The van der Waals surface area contributed by atoms with Crippen LogP contribution in [0.4, 0.5) is 17.1 Å². The van der Waals surface area contributed by atoms with E-state index in [0.29, 0.717) is 16.9 Å². The fourth-order valence-electron chi connectivity index (χ4n) is 2.54. The van der Waals surface area contributed by atoms with Gasteiger partial charge in [0.1, 0.15) is 0 Å². The number of para-hydroxylation sites is 2. The lowest BCUT2D eigenvalue weighted by molar-refractivity contribution is 0.102. The average molecular weight is 380 g/mol.